The Morgan fingerprint density at radius 3 is 3.00 bits per heavy atom. The summed E-state index contributed by atoms with van der Waals surface area (Å²) in [4.78, 5) is 11.8. The summed E-state index contributed by atoms with van der Waals surface area (Å²) in [5, 5.41) is 16.1. The van der Waals surface area contributed by atoms with Crippen molar-refractivity contribution in [3.8, 4) is 0 Å². The average Bonchev–Trinajstić information content (AvgIpc) is 3.13. The fourth-order valence-corrected chi connectivity index (χ4v) is 2.20. The summed E-state index contributed by atoms with van der Waals surface area (Å²) in [6.45, 7) is 2.11. The zero-order valence-electron chi connectivity index (χ0n) is 10.4. The van der Waals surface area contributed by atoms with Crippen molar-refractivity contribution in [2.75, 3.05) is 11.9 Å². The second kappa shape index (κ2) is 5.71. The van der Waals surface area contributed by atoms with Crippen LogP contribution in [0.3, 0.4) is 0 Å². The van der Waals surface area contributed by atoms with Crippen molar-refractivity contribution in [3.05, 3.63) is 21.6 Å². The first-order valence-corrected chi connectivity index (χ1v) is 6.62. The van der Waals surface area contributed by atoms with Crippen LogP contribution >= 0.6 is 11.6 Å². The summed E-state index contributed by atoms with van der Waals surface area (Å²) in [7, 11) is 0. The Labute approximate surface area is 111 Å². The average molecular weight is 272 g/mol. The predicted octanol–water partition coefficient (Wildman–Crippen LogP) is 1.49. The summed E-state index contributed by atoms with van der Waals surface area (Å²) >= 11 is 6.01. The maximum absolute atomic E-state index is 11.8. The van der Waals surface area contributed by atoms with Gasteiger partial charge in [-0.1, -0.05) is 24.4 Å². The number of anilines is 1. The molecule has 0 saturated heterocycles. The molecule has 2 N–H and O–H groups in total. The van der Waals surface area contributed by atoms with E-state index in [-0.39, 0.29) is 29.8 Å². The maximum atomic E-state index is 11.8. The van der Waals surface area contributed by atoms with Crippen molar-refractivity contribution in [2.45, 2.75) is 38.8 Å². The van der Waals surface area contributed by atoms with Gasteiger partial charge in [0.25, 0.3) is 5.56 Å². The molecule has 100 valence electrons. The molecule has 1 atom stereocenters. The number of hydrogen-bond acceptors (Lipinski definition) is 4. The van der Waals surface area contributed by atoms with Crippen molar-refractivity contribution >= 4 is 17.3 Å². The molecule has 0 amide bonds. The van der Waals surface area contributed by atoms with E-state index in [0.717, 1.165) is 12.3 Å². The molecule has 1 aromatic heterocycles. The van der Waals surface area contributed by atoms with E-state index in [2.05, 4.69) is 17.3 Å². The Morgan fingerprint density at radius 1 is 1.67 bits per heavy atom. The van der Waals surface area contributed by atoms with Gasteiger partial charge in [-0.15, -0.1) is 0 Å². The molecule has 5 nitrogen and oxygen atoms in total. The van der Waals surface area contributed by atoms with E-state index < -0.39 is 0 Å². The Balaban J connectivity index is 2.08. The third kappa shape index (κ3) is 3.23. The van der Waals surface area contributed by atoms with Gasteiger partial charge in [0, 0.05) is 6.04 Å². The quantitative estimate of drug-likeness (QED) is 0.823. The fourth-order valence-electron chi connectivity index (χ4n) is 2.00. The largest absolute Gasteiger partial charge is 0.394 e. The van der Waals surface area contributed by atoms with E-state index in [0.29, 0.717) is 5.69 Å². The van der Waals surface area contributed by atoms with Gasteiger partial charge in [-0.05, 0) is 19.3 Å². The summed E-state index contributed by atoms with van der Waals surface area (Å²) in [5.74, 6) is 0.814. The Kier molecular flexibility index (Phi) is 4.24. The van der Waals surface area contributed by atoms with Gasteiger partial charge in [0.1, 0.15) is 5.02 Å². The van der Waals surface area contributed by atoms with Crippen molar-refractivity contribution in [1.82, 2.24) is 9.78 Å². The lowest BCUT2D eigenvalue weighted by Gasteiger charge is -2.16. The monoisotopic (exact) mass is 271 g/mol. The predicted molar refractivity (Wildman–Crippen MR) is 71.0 cm³/mol. The number of nitrogens with zero attached hydrogens (tertiary/aromatic N) is 2. The van der Waals surface area contributed by atoms with E-state index in [1.54, 1.807) is 6.20 Å². The molecule has 2 rings (SSSR count). The molecule has 1 aliphatic rings. The highest BCUT2D eigenvalue weighted by molar-refractivity contribution is 6.32. The van der Waals surface area contributed by atoms with Crippen LogP contribution in [0, 0.1) is 5.92 Å². The van der Waals surface area contributed by atoms with E-state index in [1.807, 2.05) is 0 Å². The van der Waals surface area contributed by atoms with Crippen LogP contribution in [0.25, 0.3) is 0 Å². The first-order chi connectivity index (χ1) is 8.61. The fraction of sp³-hybridized carbons (Fsp3) is 0.667. The minimum absolute atomic E-state index is 0.131. The van der Waals surface area contributed by atoms with Crippen LogP contribution in [0.2, 0.25) is 5.02 Å². The van der Waals surface area contributed by atoms with Crippen LogP contribution in [-0.2, 0) is 6.54 Å². The molecule has 0 bridgehead atoms. The van der Waals surface area contributed by atoms with Crippen LogP contribution in [-0.4, -0.2) is 27.5 Å². The highest BCUT2D eigenvalue weighted by Crippen LogP contribution is 2.34. The second-order valence-corrected chi connectivity index (χ2v) is 5.23. The van der Waals surface area contributed by atoms with Crippen molar-refractivity contribution in [2.24, 2.45) is 5.92 Å². The molecular weight excluding hydrogens is 254 g/mol. The van der Waals surface area contributed by atoms with Crippen molar-refractivity contribution in [1.29, 1.82) is 0 Å². The lowest BCUT2D eigenvalue weighted by Crippen LogP contribution is -2.27. The summed E-state index contributed by atoms with van der Waals surface area (Å²) in [5.41, 5.74) is 0.207. The molecule has 1 saturated carbocycles. The van der Waals surface area contributed by atoms with E-state index in [9.17, 15) is 4.79 Å². The Morgan fingerprint density at radius 2 is 2.39 bits per heavy atom. The van der Waals surface area contributed by atoms with Crippen LogP contribution in [0.1, 0.15) is 26.2 Å². The number of aliphatic hydroxyl groups excluding tert-OH is 1. The third-order valence-corrected chi connectivity index (χ3v) is 3.45. The number of halogens is 1. The first-order valence-electron chi connectivity index (χ1n) is 6.25. The molecule has 1 aliphatic carbocycles. The van der Waals surface area contributed by atoms with Crippen molar-refractivity contribution in [3.63, 3.8) is 0 Å². The first kappa shape index (κ1) is 13.4. The minimum atomic E-state index is -0.366. The van der Waals surface area contributed by atoms with Gasteiger partial charge in [0.05, 0.1) is 25.0 Å². The van der Waals surface area contributed by atoms with Crippen LogP contribution in [0.4, 0.5) is 5.69 Å². The van der Waals surface area contributed by atoms with E-state index in [4.69, 9.17) is 16.7 Å². The number of nitrogens with one attached hydrogen (secondary N) is 1. The van der Waals surface area contributed by atoms with Crippen LogP contribution in [0.5, 0.6) is 0 Å². The molecule has 1 unspecified atom stereocenters. The molecule has 1 heterocycles. The van der Waals surface area contributed by atoms with Gasteiger partial charge in [0.2, 0.25) is 0 Å². The number of aromatic nitrogens is 2. The van der Waals surface area contributed by atoms with Gasteiger partial charge in [0.15, 0.2) is 0 Å². The topological polar surface area (TPSA) is 67.2 Å². The standard InChI is InChI=1S/C12H18ClN3O2/c1-8(6-9-2-3-9)15-10-7-14-16(4-5-17)12(18)11(10)13/h7-9,15,17H,2-6H2,1H3. The SMILES string of the molecule is CC(CC1CC1)Nc1cnn(CCO)c(=O)c1Cl. The third-order valence-electron chi connectivity index (χ3n) is 3.08. The van der Waals surface area contributed by atoms with Gasteiger partial charge in [-0.2, -0.15) is 5.10 Å². The molecule has 0 aromatic carbocycles. The van der Waals surface area contributed by atoms with Crippen LogP contribution < -0.4 is 10.9 Å². The Bertz CT molecular complexity index is 471. The molecule has 0 radical (unpaired) electrons. The van der Waals surface area contributed by atoms with E-state index >= 15 is 0 Å². The van der Waals surface area contributed by atoms with Gasteiger partial charge >= 0.3 is 0 Å². The van der Waals surface area contributed by atoms with E-state index in [1.165, 1.54) is 17.5 Å². The zero-order chi connectivity index (χ0) is 13.1. The molecular formula is C12H18ClN3O2. The lowest BCUT2D eigenvalue weighted by atomic mass is 10.1. The molecule has 0 spiro atoms. The number of aliphatic hydroxyl groups is 1. The summed E-state index contributed by atoms with van der Waals surface area (Å²) < 4.78 is 1.17. The normalized spacial score (nSPS) is 16.6. The van der Waals surface area contributed by atoms with Crippen molar-refractivity contribution < 1.29 is 5.11 Å². The Hall–Kier alpha value is -1.07. The second-order valence-electron chi connectivity index (χ2n) is 4.85. The molecule has 6 heteroatoms. The zero-order valence-corrected chi connectivity index (χ0v) is 11.2. The maximum Gasteiger partial charge on any atom is 0.287 e. The molecule has 1 aromatic rings. The highest BCUT2D eigenvalue weighted by atomic mass is 35.5. The van der Waals surface area contributed by atoms with Gasteiger partial charge < -0.3 is 10.4 Å². The smallest absolute Gasteiger partial charge is 0.287 e. The van der Waals surface area contributed by atoms with Crippen LogP contribution in [0.15, 0.2) is 11.0 Å². The molecule has 1 fully saturated rings. The summed E-state index contributed by atoms with van der Waals surface area (Å²) in [6.07, 6.45) is 5.24. The van der Waals surface area contributed by atoms with Gasteiger partial charge in [-0.3, -0.25) is 4.79 Å². The van der Waals surface area contributed by atoms with Gasteiger partial charge in [-0.25, -0.2) is 4.68 Å². The lowest BCUT2D eigenvalue weighted by molar-refractivity contribution is 0.266. The summed E-state index contributed by atoms with van der Waals surface area (Å²) in [6, 6.07) is 0.282. The molecule has 0 aliphatic heterocycles. The highest BCUT2D eigenvalue weighted by Gasteiger charge is 2.24. The molecule has 18 heavy (non-hydrogen) atoms. The minimum Gasteiger partial charge on any atom is -0.394 e. The number of hydrogen-bond donors (Lipinski definition) is 2. The number of rotatable bonds is 6.